The van der Waals surface area contributed by atoms with Gasteiger partial charge in [0.05, 0.1) is 12.2 Å². The first-order valence-corrected chi connectivity index (χ1v) is 7.15. The van der Waals surface area contributed by atoms with Crippen molar-refractivity contribution >= 4 is 0 Å². The van der Waals surface area contributed by atoms with Crippen LogP contribution in [-0.4, -0.2) is 23.9 Å². The highest BCUT2D eigenvalue weighted by Crippen LogP contribution is 2.29. The second-order valence-corrected chi connectivity index (χ2v) is 5.57. The van der Waals surface area contributed by atoms with E-state index in [4.69, 9.17) is 9.84 Å². The van der Waals surface area contributed by atoms with E-state index in [-0.39, 0.29) is 0 Å². The molecule has 0 saturated heterocycles. The van der Waals surface area contributed by atoms with Crippen LogP contribution in [0, 0.1) is 5.92 Å². The summed E-state index contributed by atoms with van der Waals surface area (Å²) in [4.78, 5) is 0. The Balaban J connectivity index is 1.69. The van der Waals surface area contributed by atoms with Gasteiger partial charge in [-0.2, -0.15) is 0 Å². The molecule has 0 radical (unpaired) electrons. The Morgan fingerprint density at radius 2 is 1.31 bits per heavy atom. The first kappa shape index (κ1) is 12.4. The average Bonchev–Trinajstić information content (AvgIpc) is 2.59. The third-order valence-electron chi connectivity index (χ3n) is 4.24. The summed E-state index contributed by atoms with van der Waals surface area (Å²) in [5, 5.41) is 9.10. The largest absolute Gasteiger partial charge is 0.396 e. The van der Waals surface area contributed by atoms with E-state index in [1.807, 2.05) is 0 Å². The Morgan fingerprint density at radius 3 is 1.88 bits per heavy atom. The van der Waals surface area contributed by atoms with Gasteiger partial charge in [0.25, 0.3) is 0 Å². The summed E-state index contributed by atoms with van der Waals surface area (Å²) in [6.45, 7) is 0.371. The van der Waals surface area contributed by atoms with Gasteiger partial charge in [-0.1, -0.05) is 25.7 Å². The van der Waals surface area contributed by atoms with Crippen LogP contribution in [0.5, 0.6) is 0 Å². The van der Waals surface area contributed by atoms with Gasteiger partial charge in [-0.3, -0.25) is 0 Å². The molecule has 2 nitrogen and oxygen atoms in total. The van der Waals surface area contributed by atoms with E-state index in [9.17, 15) is 0 Å². The molecule has 2 saturated carbocycles. The normalized spacial score (nSPS) is 33.6. The highest BCUT2D eigenvalue weighted by Gasteiger charge is 2.24. The number of rotatable bonds is 3. The topological polar surface area (TPSA) is 29.5 Å². The Labute approximate surface area is 99.4 Å². The van der Waals surface area contributed by atoms with E-state index in [0.717, 1.165) is 12.8 Å². The molecule has 0 heterocycles. The van der Waals surface area contributed by atoms with Crippen molar-refractivity contribution in [2.24, 2.45) is 5.92 Å². The monoisotopic (exact) mass is 226 g/mol. The van der Waals surface area contributed by atoms with Crippen molar-refractivity contribution < 1.29 is 9.84 Å². The van der Waals surface area contributed by atoms with Gasteiger partial charge in [0.2, 0.25) is 0 Å². The average molecular weight is 226 g/mol. The van der Waals surface area contributed by atoms with Crippen LogP contribution in [0.25, 0.3) is 0 Å². The molecule has 2 aliphatic rings. The van der Waals surface area contributed by atoms with E-state index in [0.29, 0.717) is 24.7 Å². The molecule has 1 N–H and O–H groups in total. The van der Waals surface area contributed by atoms with Crippen LogP contribution in [-0.2, 0) is 4.74 Å². The molecule has 16 heavy (non-hydrogen) atoms. The Bertz CT molecular complexity index is 177. The minimum absolute atomic E-state index is 0.371. The molecule has 0 amide bonds. The van der Waals surface area contributed by atoms with Crippen molar-refractivity contribution in [3.8, 4) is 0 Å². The SMILES string of the molecule is OCC1CCC(OC2CCCCCC2)CC1. The first-order chi connectivity index (χ1) is 7.88. The lowest BCUT2D eigenvalue weighted by atomic mass is 9.88. The van der Waals surface area contributed by atoms with Gasteiger partial charge in [-0.15, -0.1) is 0 Å². The molecular formula is C14H26O2. The van der Waals surface area contributed by atoms with E-state index in [2.05, 4.69) is 0 Å². The Hall–Kier alpha value is -0.0800. The predicted molar refractivity (Wildman–Crippen MR) is 65.4 cm³/mol. The Morgan fingerprint density at radius 1 is 0.750 bits per heavy atom. The van der Waals surface area contributed by atoms with Crippen molar-refractivity contribution in [3.05, 3.63) is 0 Å². The predicted octanol–water partition coefficient (Wildman–Crippen LogP) is 3.28. The van der Waals surface area contributed by atoms with Crippen molar-refractivity contribution in [2.75, 3.05) is 6.61 Å². The van der Waals surface area contributed by atoms with E-state index in [1.165, 1.54) is 51.4 Å². The maximum absolute atomic E-state index is 9.10. The van der Waals surface area contributed by atoms with Gasteiger partial charge in [-0.25, -0.2) is 0 Å². The van der Waals surface area contributed by atoms with Gasteiger partial charge < -0.3 is 9.84 Å². The maximum Gasteiger partial charge on any atom is 0.0579 e. The van der Waals surface area contributed by atoms with Gasteiger partial charge in [0, 0.05) is 6.61 Å². The number of aliphatic hydroxyl groups excluding tert-OH is 1. The van der Waals surface area contributed by atoms with Crippen LogP contribution in [0.4, 0.5) is 0 Å². The van der Waals surface area contributed by atoms with E-state index in [1.54, 1.807) is 0 Å². The fraction of sp³-hybridized carbons (Fsp3) is 1.00. The third kappa shape index (κ3) is 3.74. The highest BCUT2D eigenvalue weighted by molar-refractivity contribution is 4.74. The second-order valence-electron chi connectivity index (χ2n) is 5.57. The van der Waals surface area contributed by atoms with Crippen LogP contribution in [0.3, 0.4) is 0 Å². The summed E-state index contributed by atoms with van der Waals surface area (Å²) in [5.74, 6) is 0.550. The maximum atomic E-state index is 9.10. The van der Waals surface area contributed by atoms with Gasteiger partial charge >= 0.3 is 0 Å². The summed E-state index contributed by atoms with van der Waals surface area (Å²) in [7, 11) is 0. The lowest BCUT2D eigenvalue weighted by Crippen LogP contribution is -2.27. The van der Waals surface area contributed by atoms with Crippen molar-refractivity contribution in [1.29, 1.82) is 0 Å². The molecule has 0 bridgehead atoms. The molecule has 2 fully saturated rings. The molecule has 2 heteroatoms. The molecule has 0 unspecified atom stereocenters. The number of ether oxygens (including phenoxy) is 1. The minimum atomic E-state index is 0.371. The van der Waals surface area contributed by atoms with E-state index < -0.39 is 0 Å². The fourth-order valence-electron chi connectivity index (χ4n) is 3.10. The number of aliphatic hydroxyl groups is 1. The zero-order valence-corrected chi connectivity index (χ0v) is 10.4. The summed E-state index contributed by atoms with van der Waals surface area (Å²) in [5.41, 5.74) is 0. The smallest absolute Gasteiger partial charge is 0.0579 e. The summed E-state index contributed by atoms with van der Waals surface area (Å²) < 4.78 is 6.22. The molecule has 0 atom stereocenters. The van der Waals surface area contributed by atoms with Crippen LogP contribution in [0.1, 0.15) is 64.2 Å². The fourth-order valence-corrected chi connectivity index (χ4v) is 3.10. The molecule has 0 aromatic carbocycles. The molecular weight excluding hydrogens is 200 g/mol. The number of hydrogen-bond acceptors (Lipinski definition) is 2. The van der Waals surface area contributed by atoms with Gasteiger partial charge in [0.1, 0.15) is 0 Å². The summed E-state index contributed by atoms with van der Waals surface area (Å²) in [6, 6.07) is 0. The van der Waals surface area contributed by atoms with Gasteiger partial charge in [-0.05, 0) is 44.4 Å². The molecule has 94 valence electrons. The zero-order valence-electron chi connectivity index (χ0n) is 10.4. The quantitative estimate of drug-likeness (QED) is 0.748. The molecule has 2 rings (SSSR count). The third-order valence-corrected chi connectivity index (χ3v) is 4.24. The molecule has 0 aromatic heterocycles. The second kappa shape index (κ2) is 6.61. The van der Waals surface area contributed by atoms with Crippen LogP contribution in [0.2, 0.25) is 0 Å². The zero-order chi connectivity index (χ0) is 11.2. The van der Waals surface area contributed by atoms with Crippen LogP contribution >= 0.6 is 0 Å². The molecule has 0 aliphatic heterocycles. The van der Waals surface area contributed by atoms with Crippen molar-refractivity contribution in [1.82, 2.24) is 0 Å². The molecule has 0 spiro atoms. The van der Waals surface area contributed by atoms with Crippen LogP contribution < -0.4 is 0 Å². The summed E-state index contributed by atoms with van der Waals surface area (Å²) >= 11 is 0. The highest BCUT2D eigenvalue weighted by atomic mass is 16.5. The summed E-state index contributed by atoms with van der Waals surface area (Å²) in [6.07, 6.45) is 13.8. The van der Waals surface area contributed by atoms with E-state index >= 15 is 0 Å². The lowest BCUT2D eigenvalue weighted by molar-refractivity contribution is -0.0453. The molecule has 0 aromatic rings. The van der Waals surface area contributed by atoms with Crippen LogP contribution in [0.15, 0.2) is 0 Å². The standard InChI is InChI=1S/C14H26O2/c15-11-12-7-9-14(10-8-12)16-13-5-3-1-2-4-6-13/h12-15H,1-11H2. The van der Waals surface area contributed by atoms with Gasteiger partial charge in [0.15, 0.2) is 0 Å². The number of hydrogen-bond donors (Lipinski definition) is 1. The first-order valence-electron chi connectivity index (χ1n) is 7.15. The van der Waals surface area contributed by atoms with Crippen molar-refractivity contribution in [3.63, 3.8) is 0 Å². The molecule has 2 aliphatic carbocycles. The minimum Gasteiger partial charge on any atom is -0.396 e. The van der Waals surface area contributed by atoms with Crippen molar-refractivity contribution in [2.45, 2.75) is 76.4 Å². The Kier molecular flexibility index (Phi) is 5.11. The lowest BCUT2D eigenvalue weighted by Gasteiger charge is -2.30.